The van der Waals surface area contributed by atoms with Crippen LogP contribution in [0.3, 0.4) is 0 Å². The minimum Gasteiger partial charge on any atom is -0.336 e. The highest BCUT2D eigenvalue weighted by Crippen LogP contribution is 1.90. The Hall–Kier alpha value is -0.810. The third kappa shape index (κ3) is 11.3. The Morgan fingerprint density at radius 3 is 2.62 bits per heavy atom. The largest absolute Gasteiger partial charge is 0.338 e. The van der Waals surface area contributed by atoms with Crippen molar-refractivity contribution in [3.05, 3.63) is 0 Å². The molecule has 0 radical (unpaired) electrons. The first kappa shape index (κ1) is 15.2. The molecule has 2 amide bonds. The number of hydrogen-bond acceptors (Lipinski definition) is 3. The van der Waals surface area contributed by atoms with Crippen LogP contribution in [0.25, 0.3) is 0 Å². The summed E-state index contributed by atoms with van der Waals surface area (Å²) in [5, 5.41) is 5.90. The maximum Gasteiger partial charge on any atom is 0.338 e. The van der Waals surface area contributed by atoms with Crippen molar-refractivity contribution in [2.24, 2.45) is 0 Å². The maximum absolute atomic E-state index is 11.1. The first-order chi connectivity index (χ1) is 7.66. The predicted octanol–water partition coefficient (Wildman–Crippen LogP) is 1.41. The van der Waals surface area contributed by atoms with E-state index in [1.807, 2.05) is 0 Å². The molecule has 0 spiro atoms. The Kier molecular flexibility index (Phi) is 10.2. The number of urea groups is 1. The lowest BCUT2D eigenvalue weighted by Gasteiger charge is -2.09. The number of hydroxylamine groups is 1. The minimum absolute atomic E-state index is 0.263. The summed E-state index contributed by atoms with van der Waals surface area (Å²) < 4.78 is 0. The number of carbonyl (C=O) groups excluding carboxylic acids is 1. The van der Waals surface area contributed by atoms with Crippen molar-refractivity contribution >= 4 is 6.03 Å². The summed E-state index contributed by atoms with van der Waals surface area (Å²) in [5.41, 5.74) is 2.34. The average Bonchev–Trinajstić information content (AvgIpc) is 2.23. The van der Waals surface area contributed by atoms with Crippen LogP contribution >= 0.6 is 0 Å². The van der Waals surface area contributed by atoms with Gasteiger partial charge in [-0.05, 0) is 6.42 Å². The van der Waals surface area contributed by atoms with Crippen LogP contribution in [0.2, 0.25) is 0 Å². The zero-order valence-electron chi connectivity index (χ0n) is 10.6. The van der Waals surface area contributed by atoms with Gasteiger partial charge in [0.2, 0.25) is 0 Å². The van der Waals surface area contributed by atoms with E-state index in [-0.39, 0.29) is 6.03 Å². The predicted molar refractivity (Wildman–Crippen MR) is 65.2 cm³/mol. The molecule has 0 unspecified atom stereocenters. The van der Waals surface area contributed by atoms with Crippen LogP contribution in [-0.2, 0) is 4.84 Å². The van der Waals surface area contributed by atoms with Gasteiger partial charge in [0.25, 0.3) is 0 Å². The molecular formula is C11H25N3O2. The van der Waals surface area contributed by atoms with Crippen LogP contribution in [0.5, 0.6) is 0 Å². The SMILES string of the molecule is CCCCCNC(=O)NOCCNC(C)C. The van der Waals surface area contributed by atoms with Crippen LogP contribution in [0, 0.1) is 0 Å². The third-order valence-corrected chi connectivity index (χ3v) is 1.99. The van der Waals surface area contributed by atoms with Gasteiger partial charge in [0.15, 0.2) is 0 Å². The highest BCUT2D eigenvalue weighted by atomic mass is 16.7. The lowest BCUT2D eigenvalue weighted by molar-refractivity contribution is 0.0623. The molecule has 0 heterocycles. The molecule has 0 aromatic rings. The molecule has 0 saturated heterocycles. The van der Waals surface area contributed by atoms with E-state index in [0.29, 0.717) is 19.2 Å². The highest BCUT2D eigenvalue weighted by molar-refractivity contribution is 5.72. The van der Waals surface area contributed by atoms with Gasteiger partial charge in [-0.25, -0.2) is 10.3 Å². The zero-order valence-corrected chi connectivity index (χ0v) is 10.6. The van der Waals surface area contributed by atoms with Crippen molar-refractivity contribution in [1.82, 2.24) is 16.1 Å². The van der Waals surface area contributed by atoms with Gasteiger partial charge >= 0.3 is 6.03 Å². The van der Waals surface area contributed by atoms with Crippen molar-refractivity contribution in [2.45, 2.75) is 46.1 Å². The average molecular weight is 231 g/mol. The Labute approximate surface area is 98.3 Å². The molecule has 0 bridgehead atoms. The smallest absolute Gasteiger partial charge is 0.336 e. The Bertz CT molecular complexity index is 175. The maximum atomic E-state index is 11.1. The number of carbonyl (C=O) groups is 1. The minimum atomic E-state index is -0.263. The van der Waals surface area contributed by atoms with Crippen LogP contribution < -0.4 is 16.1 Å². The third-order valence-electron chi connectivity index (χ3n) is 1.99. The lowest BCUT2D eigenvalue weighted by Crippen LogP contribution is -2.38. The second kappa shape index (κ2) is 10.7. The van der Waals surface area contributed by atoms with Gasteiger partial charge in [-0.3, -0.25) is 4.84 Å². The van der Waals surface area contributed by atoms with Crippen molar-refractivity contribution in [3.63, 3.8) is 0 Å². The Morgan fingerprint density at radius 1 is 1.25 bits per heavy atom. The van der Waals surface area contributed by atoms with E-state index in [1.54, 1.807) is 0 Å². The normalized spacial score (nSPS) is 10.5. The topological polar surface area (TPSA) is 62.4 Å². The van der Waals surface area contributed by atoms with Gasteiger partial charge in [0.1, 0.15) is 0 Å². The summed E-state index contributed by atoms with van der Waals surface area (Å²) in [5.74, 6) is 0. The molecule has 0 rings (SSSR count). The Morgan fingerprint density at radius 2 is 2.00 bits per heavy atom. The zero-order chi connectivity index (χ0) is 12.2. The van der Waals surface area contributed by atoms with Gasteiger partial charge in [-0.1, -0.05) is 33.6 Å². The van der Waals surface area contributed by atoms with Crippen molar-refractivity contribution < 1.29 is 9.63 Å². The first-order valence-electron chi connectivity index (χ1n) is 6.05. The fourth-order valence-corrected chi connectivity index (χ4v) is 1.13. The molecule has 16 heavy (non-hydrogen) atoms. The van der Waals surface area contributed by atoms with Gasteiger partial charge in [0, 0.05) is 19.1 Å². The van der Waals surface area contributed by atoms with Crippen molar-refractivity contribution in [3.8, 4) is 0 Å². The molecule has 0 aliphatic rings. The van der Waals surface area contributed by atoms with E-state index in [1.165, 1.54) is 0 Å². The first-order valence-corrected chi connectivity index (χ1v) is 6.05. The van der Waals surface area contributed by atoms with E-state index < -0.39 is 0 Å². The van der Waals surface area contributed by atoms with Crippen LogP contribution in [0.1, 0.15) is 40.0 Å². The number of hydrogen-bond donors (Lipinski definition) is 3. The number of nitrogens with one attached hydrogen (secondary N) is 3. The molecule has 0 fully saturated rings. The standard InChI is InChI=1S/C11H25N3O2/c1-4-5-6-7-13-11(15)14-16-9-8-12-10(2)3/h10,12H,4-9H2,1-3H3,(H2,13,14,15). The molecule has 0 atom stereocenters. The number of amides is 2. The molecule has 0 aliphatic carbocycles. The molecular weight excluding hydrogens is 206 g/mol. The summed E-state index contributed by atoms with van der Waals surface area (Å²) in [6.07, 6.45) is 3.30. The quantitative estimate of drug-likeness (QED) is 0.415. The van der Waals surface area contributed by atoms with Gasteiger partial charge in [0.05, 0.1) is 6.61 Å². The van der Waals surface area contributed by atoms with E-state index in [4.69, 9.17) is 4.84 Å². The summed E-state index contributed by atoms with van der Waals surface area (Å²) in [6.45, 7) is 8.16. The summed E-state index contributed by atoms with van der Waals surface area (Å²) in [4.78, 5) is 16.1. The fourth-order valence-electron chi connectivity index (χ4n) is 1.13. The van der Waals surface area contributed by atoms with E-state index in [0.717, 1.165) is 25.8 Å². The van der Waals surface area contributed by atoms with E-state index in [9.17, 15) is 4.79 Å². The van der Waals surface area contributed by atoms with Gasteiger partial charge in [-0.15, -0.1) is 0 Å². The van der Waals surface area contributed by atoms with Crippen LogP contribution in [0.15, 0.2) is 0 Å². The monoisotopic (exact) mass is 231 g/mol. The molecule has 3 N–H and O–H groups in total. The van der Waals surface area contributed by atoms with E-state index >= 15 is 0 Å². The number of unbranched alkanes of at least 4 members (excludes halogenated alkanes) is 2. The van der Waals surface area contributed by atoms with Gasteiger partial charge < -0.3 is 10.6 Å². The lowest BCUT2D eigenvalue weighted by atomic mass is 10.2. The summed E-state index contributed by atoms with van der Waals surface area (Å²) >= 11 is 0. The fraction of sp³-hybridized carbons (Fsp3) is 0.909. The molecule has 5 heteroatoms. The summed E-state index contributed by atoms with van der Waals surface area (Å²) in [7, 11) is 0. The Balaban J connectivity index is 3.17. The second-order valence-corrected chi connectivity index (χ2v) is 4.02. The second-order valence-electron chi connectivity index (χ2n) is 4.02. The molecule has 96 valence electrons. The summed E-state index contributed by atoms with van der Waals surface area (Å²) in [6, 6.07) is 0.173. The van der Waals surface area contributed by atoms with Crippen LogP contribution in [0.4, 0.5) is 4.79 Å². The molecule has 0 aromatic carbocycles. The van der Waals surface area contributed by atoms with Crippen molar-refractivity contribution in [1.29, 1.82) is 0 Å². The molecule has 0 aromatic heterocycles. The highest BCUT2D eigenvalue weighted by Gasteiger charge is 1.98. The molecule has 0 aliphatic heterocycles. The van der Waals surface area contributed by atoms with Crippen molar-refractivity contribution in [2.75, 3.05) is 19.7 Å². The van der Waals surface area contributed by atoms with Gasteiger partial charge in [-0.2, -0.15) is 0 Å². The van der Waals surface area contributed by atoms with Crippen LogP contribution in [-0.4, -0.2) is 31.8 Å². The number of rotatable bonds is 9. The van der Waals surface area contributed by atoms with E-state index in [2.05, 4.69) is 36.9 Å². The molecule has 5 nitrogen and oxygen atoms in total. The molecule has 0 saturated carbocycles.